The van der Waals surface area contributed by atoms with Gasteiger partial charge >= 0.3 is 5.69 Å². The van der Waals surface area contributed by atoms with Gasteiger partial charge in [0.15, 0.2) is 6.29 Å². The van der Waals surface area contributed by atoms with Crippen LogP contribution in [0.1, 0.15) is 93.1 Å². The van der Waals surface area contributed by atoms with Crippen LogP contribution in [0.25, 0.3) is 11.0 Å². The molecule has 4 aromatic rings. The average molecular weight is 698 g/mol. The van der Waals surface area contributed by atoms with Gasteiger partial charge in [-0.1, -0.05) is 74.0 Å². The quantitative estimate of drug-likeness (QED) is 0.132. The second-order valence-corrected chi connectivity index (χ2v) is 14.0. The maximum atomic E-state index is 12.8. The minimum atomic E-state index is -0.572. The number of aliphatic hydroxyl groups excluding tert-OH is 1. The number of fused-ring (bicyclic) bond motifs is 1. The van der Waals surface area contributed by atoms with E-state index in [1.165, 1.54) is 6.92 Å². The summed E-state index contributed by atoms with van der Waals surface area (Å²) >= 11 is 0. The molecule has 0 radical (unpaired) electrons. The van der Waals surface area contributed by atoms with Crippen molar-refractivity contribution in [2.24, 2.45) is 5.92 Å². The van der Waals surface area contributed by atoms with E-state index in [9.17, 15) is 19.5 Å². The largest absolute Gasteiger partial charge is 0.392 e. The Hall–Kier alpha value is -4.29. The number of rotatable bonds is 14. The lowest BCUT2D eigenvalue weighted by molar-refractivity contribution is -0.276. The van der Waals surface area contributed by atoms with E-state index in [1.54, 1.807) is 0 Å². The standard InChI is InChI=1S/C40H51N5O6/c1-27-36(25-44-22-19-33(20-23-44)45-35-9-6-5-8-34(35)43-40(45)49)50-39(51-38(27)31-15-13-30(26-46)14-16-31)32-17-11-29(12-18-32)24-42-37(48)10-4-3-7-21-41-28(2)47/h5-6,8-9,11-18,27,33,36,38-39,46H,3-4,7,10,19-26H2,1-2H3,(H,41,47)(H,42,48)(H,43,49)/t27-,36+,38+,39+/m1/s1. The van der Waals surface area contributed by atoms with E-state index in [2.05, 4.69) is 27.4 Å². The third kappa shape index (κ3) is 9.34. The average Bonchev–Trinajstić information content (AvgIpc) is 3.49. The first-order chi connectivity index (χ1) is 24.8. The van der Waals surface area contributed by atoms with Gasteiger partial charge in [0, 0.05) is 63.6 Å². The molecule has 0 unspecified atom stereocenters. The van der Waals surface area contributed by atoms with Crippen LogP contribution in [0.3, 0.4) is 0 Å². The molecule has 272 valence electrons. The summed E-state index contributed by atoms with van der Waals surface area (Å²) in [5, 5.41) is 15.4. The Morgan fingerprint density at radius 2 is 1.59 bits per heavy atom. The van der Waals surface area contributed by atoms with Crippen molar-refractivity contribution >= 4 is 22.8 Å². The molecule has 3 aromatic carbocycles. The fraction of sp³-hybridized carbons (Fsp3) is 0.475. The van der Waals surface area contributed by atoms with Crippen molar-refractivity contribution in [3.63, 3.8) is 0 Å². The van der Waals surface area contributed by atoms with Crippen molar-refractivity contribution < 1.29 is 24.2 Å². The molecule has 2 fully saturated rings. The zero-order chi connectivity index (χ0) is 35.7. The third-order valence-corrected chi connectivity index (χ3v) is 10.3. The number of hydrogen-bond donors (Lipinski definition) is 4. The number of para-hydroxylation sites is 2. The van der Waals surface area contributed by atoms with Crippen molar-refractivity contribution in [3.8, 4) is 0 Å². The van der Waals surface area contributed by atoms with E-state index >= 15 is 0 Å². The van der Waals surface area contributed by atoms with Crippen LogP contribution in [-0.2, 0) is 32.2 Å². The molecule has 0 saturated carbocycles. The van der Waals surface area contributed by atoms with Crippen LogP contribution in [0.2, 0.25) is 0 Å². The summed E-state index contributed by atoms with van der Waals surface area (Å²) in [5.41, 5.74) is 5.59. The van der Waals surface area contributed by atoms with Gasteiger partial charge < -0.3 is 35.1 Å². The topological polar surface area (TPSA) is 138 Å². The highest BCUT2D eigenvalue weighted by molar-refractivity contribution is 5.76. The number of nitrogens with one attached hydrogen (secondary N) is 3. The zero-order valence-corrected chi connectivity index (χ0v) is 29.7. The van der Waals surface area contributed by atoms with Crippen molar-refractivity contribution in [2.75, 3.05) is 26.2 Å². The Kier molecular flexibility index (Phi) is 12.4. The van der Waals surface area contributed by atoms with Crippen LogP contribution in [0.5, 0.6) is 0 Å². The van der Waals surface area contributed by atoms with Gasteiger partial charge in [-0.2, -0.15) is 0 Å². The number of imidazole rings is 1. The Morgan fingerprint density at radius 1 is 0.882 bits per heavy atom. The monoisotopic (exact) mass is 697 g/mol. The Labute approximate surface area is 299 Å². The molecule has 0 spiro atoms. The normalized spacial score (nSPS) is 21.5. The van der Waals surface area contributed by atoms with Gasteiger partial charge in [0.1, 0.15) is 0 Å². The fourth-order valence-corrected chi connectivity index (χ4v) is 7.31. The number of likely N-dealkylation sites (tertiary alicyclic amines) is 1. The number of amides is 2. The summed E-state index contributed by atoms with van der Waals surface area (Å²) in [5.74, 6) is 0.0505. The lowest BCUT2D eigenvalue weighted by atomic mass is 9.89. The van der Waals surface area contributed by atoms with Gasteiger partial charge in [0.25, 0.3) is 0 Å². The third-order valence-electron chi connectivity index (χ3n) is 10.3. The van der Waals surface area contributed by atoms with Crippen LogP contribution in [0.15, 0.2) is 77.6 Å². The lowest BCUT2D eigenvalue weighted by Gasteiger charge is -2.44. The molecule has 11 heteroatoms. The predicted molar refractivity (Wildman–Crippen MR) is 196 cm³/mol. The molecule has 0 aliphatic carbocycles. The minimum absolute atomic E-state index is 0.0108. The molecule has 4 N–H and O–H groups in total. The zero-order valence-electron chi connectivity index (χ0n) is 29.7. The van der Waals surface area contributed by atoms with E-state index in [0.717, 1.165) is 85.0 Å². The number of carbonyl (C=O) groups is 2. The van der Waals surface area contributed by atoms with Crippen LogP contribution in [0.4, 0.5) is 0 Å². The molecular weight excluding hydrogens is 646 g/mol. The van der Waals surface area contributed by atoms with Gasteiger partial charge in [-0.25, -0.2) is 4.79 Å². The number of benzene rings is 3. The molecule has 2 aliphatic heterocycles. The van der Waals surface area contributed by atoms with Gasteiger partial charge in [-0.05, 0) is 54.5 Å². The van der Waals surface area contributed by atoms with Gasteiger partial charge in [-0.15, -0.1) is 0 Å². The van der Waals surface area contributed by atoms with E-state index in [1.807, 2.05) is 77.4 Å². The van der Waals surface area contributed by atoms with Crippen molar-refractivity contribution in [1.82, 2.24) is 25.1 Å². The molecule has 11 nitrogen and oxygen atoms in total. The van der Waals surface area contributed by atoms with E-state index in [4.69, 9.17) is 9.47 Å². The highest BCUT2D eigenvalue weighted by atomic mass is 16.7. The number of aliphatic hydroxyl groups is 1. The molecule has 51 heavy (non-hydrogen) atoms. The van der Waals surface area contributed by atoms with Gasteiger partial charge in [-0.3, -0.25) is 14.2 Å². The minimum Gasteiger partial charge on any atom is -0.392 e. The highest BCUT2D eigenvalue weighted by Gasteiger charge is 2.39. The highest BCUT2D eigenvalue weighted by Crippen LogP contribution is 2.42. The second-order valence-electron chi connectivity index (χ2n) is 14.0. The number of aromatic amines is 1. The van der Waals surface area contributed by atoms with Gasteiger partial charge in [0.2, 0.25) is 11.8 Å². The number of unbranched alkanes of at least 4 members (excludes halogenated alkanes) is 2. The SMILES string of the molecule is CC(=O)NCCCCCC(=O)NCc1ccc([C@H]2O[C@@H](CN3CCC(n4c(=O)[nH]c5ccccc54)CC3)[C@@H](C)[C@@H](c3ccc(CO)cc3)O2)cc1. The number of aromatic nitrogens is 2. The molecule has 0 bridgehead atoms. The van der Waals surface area contributed by atoms with Crippen molar-refractivity contribution in [2.45, 2.75) is 90.1 Å². The maximum Gasteiger partial charge on any atom is 0.326 e. The number of piperidine rings is 1. The first-order valence-electron chi connectivity index (χ1n) is 18.3. The summed E-state index contributed by atoms with van der Waals surface area (Å²) in [7, 11) is 0. The smallest absolute Gasteiger partial charge is 0.326 e. The van der Waals surface area contributed by atoms with Crippen LogP contribution < -0.4 is 16.3 Å². The first kappa shape index (κ1) is 36.5. The number of H-pyrrole nitrogens is 1. The van der Waals surface area contributed by atoms with E-state index in [0.29, 0.717) is 19.5 Å². The maximum absolute atomic E-state index is 12.8. The number of nitrogens with zero attached hydrogens (tertiary/aromatic N) is 2. The summed E-state index contributed by atoms with van der Waals surface area (Å²) in [6.07, 6.45) is 3.88. The van der Waals surface area contributed by atoms with Gasteiger partial charge in [0.05, 0.1) is 29.8 Å². The van der Waals surface area contributed by atoms with Crippen molar-refractivity contribution in [1.29, 1.82) is 0 Å². The predicted octanol–water partition coefficient (Wildman–Crippen LogP) is 5.26. The van der Waals surface area contributed by atoms with Crippen molar-refractivity contribution in [3.05, 3.63) is 106 Å². The Bertz CT molecular complexity index is 1790. The molecule has 2 amide bonds. The second kappa shape index (κ2) is 17.3. The molecule has 4 atom stereocenters. The molecule has 2 aliphatic rings. The van der Waals surface area contributed by atoms with Crippen LogP contribution >= 0.6 is 0 Å². The van der Waals surface area contributed by atoms with E-state index in [-0.39, 0.29) is 48.3 Å². The Balaban J connectivity index is 1.08. The molecule has 6 rings (SSSR count). The van der Waals surface area contributed by atoms with Crippen LogP contribution in [0, 0.1) is 5.92 Å². The fourth-order valence-electron chi connectivity index (χ4n) is 7.31. The number of hydrogen-bond acceptors (Lipinski definition) is 7. The summed E-state index contributed by atoms with van der Waals surface area (Å²) in [6.45, 7) is 7.23. The molecule has 1 aromatic heterocycles. The molecular formula is C40H51N5O6. The Morgan fingerprint density at radius 3 is 2.31 bits per heavy atom. The lowest BCUT2D eigenvalue weighted by Crippen LogP contribution is -2.47. The van der Waals surface area contributed by atoms with Crippen LogP contribution in [-0.4, -0.2) is 63.7 Å². The summed E-state index contributed by atoms with van der Waals surface area (Å²) < 4.78 is 15.3. The molecule has 2 saturated heterocycles. The first-order valence-corrected chi connectivity index (χ1v) is 18.3. The summed E-state index contributed by atoms with van der Waals surface area (Å²) in [6, 6.07) is 24.0. The summed E-state index contributed by atoms with van der Waals surface area (Å²) in [4.78, 5) is 41.7. The number of ether oxygens (including phenoxy) is 2. The van der Waals surface area contributed by atoms with E-state index < -0.39 is 6.29 Å². The molecule has 3 heterocycles. The number of carbonyl (C=O) groups excluding carboxylic acids is 2.